The lowest BCUT2D eigenvalue weighted by Gasteiger charge is -2.35. The van der Waals surface area contributed by atoms with Crippen molar-refractivity contribution in [1.82, 2.24) is 29.4 Å². The second-order valence-corrected chi connectivity index (χ2v) is 9.76. The number of halogens is 3. The van der Waals surface area contributed by atoms with Crippen LogP contribution in [0.15, 0.2) is 55.0 Å². The minimum absolute atomic E-state index is 0.0486. The maximum absolute atomic E-state index is 15.4. The standard InChI is InChI=1S/C28H22ClF2N6O2/c1-15-35-25-13-34-24-12-22(30)19(18-5-4-17(10-21(18)29)39-28-32-7-3-8-33-28)11-20(24)27(25)37(15)26-6-9-36(16(2)38)14-23(26)31/h3-5,7-8,10-13,23,26H,2,6,9,14H2,1H3/t23-,26-/m0/s1. The number of carbonyl (C=O) groups excluding carboxylic acids is 1. The number of piperidine rings is 1. The normalized spacial score (nSPS) is 17.6. The largest absolute Gasteiger partial charge is 0.424 e. The maximum atomic E-state index is 15.4. The van der Waals surface area contributed by atoms with Crippen molar-refractivity contribution >= 4 is 39.4 Å². The molecule has 11 heteroatoms. The van der Waals surface area contributed by atoms with Crippen LogP contribution in [0.1, 0.15) is 18.3 Å². The molecule has 0 bridgehead atoms. The molecule has 6 rings (SSSR count). The second kappa shape index (κ2) is 9.85. The molecule has 1 saturated heterocycles. The van der Waals surface area contributed by atoms with E-state index in [4.69, 9.17) is 16.3 Å². The van der Waals surface area contributed by atoms with Gasteiger partial charge in [0.05, 0.1) is 34.8 Å². The van der Waals surface area contributed by atoms with Crippen molar-refractivity contribution in [3.05, 3.63) is 78.6 Å². The summed E-state index contributed by atoms with van der Waals surface area (Å²) in [6, 6.07) is 9.16. The molecule has 0 unspecified atom stereocenters. The van der Waals surface area contributed by atoms with E-state index in [1.165, 1.54) is 11.0 Å². The van der Waals surface area contributed by atoms with E-state index in [2.05, 4.69) is 26.9 Å². The Labute approximate surface area is 227 Å². The predicted molar refractivity (Wildman–Crippen MR) is 143 cm³/mol. The summed E-state index contributed by atoms with van der Waals surface area (Å²) in [5, 5.41) is 0.877. The van der Waals surface area contributed by atoms with E-state index >= 15 is 8.78 Å². The molecule has 1 radical (unpaired) electrons. The number of ether oxygens (including phenoxy) is 1. The first kappa shape index (κ1) is 25.1. The third kappa shape index (κ3) is 4.54. The van der Waals surface area contributed by atoms with E-state index in [0.717, 1.165) is 0 Å². The Morgan fingerprint density at radius 1 is 1.13 bits per heavy atom. The van der Waals surface area contributed by atoms with Gasteiger partial charge in [-0.25, -0.2) is 23.7 Å². The summed E-state index contributed by atoms with van der Waals surface area (Å²) in [5.41, 5.74) is 2.33. The first-order chi connectivity index (χ1) is 18.8. The Hall–Kier alpha value is -4.18. The predicted octanol–water partition coefficient (Wildman–Crippen LogP) is 5.88. The van der Waals surface area contributed by atoms with Crippen molar-refractivity contribution in [2.75, 3.05) is 13.1 Å². The number of amides is 1. The molecule has 0 saturated carbocycles. The topological polar surface area (TPSA) is 86.0 Å². The van der Waals surface area contributed by atoms with Crippen molar-refractivity contribution in [1.29, 1.82) is 0 Å². The van der Waals surface area contributed by atoms with E-state index in [9.17, 15) is 4.79 Å². The average Bonchev–Trinajstić information content (AvgIpc) is 3.25. The van der Waals surface area contributed by atoms with Crippen LogP contribution in [0.3, 0.4) is 0 Å². The van der Waals surface area contributed by atoms with Gasteiger partial charge in [-0.05, 0) is 37.6 Å². The van der Waals surface area contributed by atoms with Crippen LogP contribution >= 0.6 is 11.6 Å². The lowest BCUT2D eigenvalue weighted by atomic mass is 10.00. The minimum atomic E-state index is -1.32. The Morgan fingerprint density at radius 2 is 1.92 bits per heavy atom. The number of benzene rings is 2. The Balaban J connectivity index is 1.44. The van der Waals surface area contributed by atoms with Crippen LogP contribution in [0.2, 0.25) is 5.02 Å². The molecule has 4 heterocycles. The quantitative estimate of drug-likeness (QED) is 0.279. The van der Waals surface area contributed by atoms with E-state index in [0.29, 0.717) is 52.0 Å². The van der Waals surface area contributed by atoms with Gasteiger partial charge in [0.15, 0.2) is 0 Å². The SMILES string of the molecule is [CH2]C(=O)N1CC[C@H](n2c(C)nc3cnc4cc(F)c(-c5ccc(Oc6ncccn6)cc5Cl)cc4c32)[C@@H](F)C1. The van der Waals surface area contributed by atoms with Crippen LogP contribution in [0.25, 0.3) is 33.1 Å². The zero-order chi connectivity index (χ0) is 27.3. The number of imidazole rings is 1. The number of aromatic nitrogens is 5. The molecule has 1 fully saturated rings. The summed E-state index contributed by atoms with van der Waals surface area (Å²) in [5.74, 6) is 0.0947. The van der Waals surface area contributed by atoms with E-state index in [1.807, 2.05) is 4.57 Å². The van der Waals surface area contributed by atoms with Crippen molar-refractivity contribution < 1.29 is 18.3 Å². The highest BCUT2D eigenvalue weighted by molar-refractivity contribution is 6.33. The van der Waals surface area contributed by atoms with Crippen LogP contribution in [0.5, 0.6) is 11.8 Å². The van der Waals surface area contributed by atoms with Gasteiger partial charge < -0.3 is 14.2 Å². The Morgan fingerprint density at radius 3 is 2.64 bits per heavy atom. The lowest BCUT2D eigenvalue weighted by Crippen LogP contribution is -2.45. The van der Waals surface area contributed by atoms with Gasteiger partial charge in [0.1, 0.15) is 29.1 Å². The summed E-state index contributed by atoms with van der Waals surface area (Å²) < 4.78 is 38.3. The van der Waals surface area contributed by atoms with Crippen LogP contribution < -0.4 is 4.74 Å². The molecule has 0 N–H and O–H groups in total. The molecule has 1 amide bonds. The van der Waals surface area contributed by atoms with Crippen LogP contribution in [-0.4, -0.2) is 54.6 Å². The highest BCUT2D eigenvalue weighted by atomic mass is 35.5. The van der Waals surface area contributed by atoms with Crippen LogP contribution in [-0.2, 0) is 4.79 Å². The minimum Gasteiger partial charge on any atom is -0.424 e. The average molecular weight is 548 g/mol. The molecule has 1 aliphatic rings. The van der Waals surface area contributed by atoms with Crippen LogP contribution in [0, 0.1) is 19.7 Å². The summed E-state index contributed by atoms with van der Waals surface area (Å²) in [4.78, 5) is 30.2. The number of alkyl halides is 1. The number of nitrogens with zero attached hydrogens (tertiary/aromatic N) is 6. The number of rotatable bonds is 4. The molecule has 5 aromatic rings. The van der Waals surface area contributed by atoms with Crippen LogP contribution in [0.4, 0.5) is 8.78 Å². The maximum Gasteiger partial charge on any atom is 0.321 e. The molecule has 2 aromatic carbocycles. The molecular formula is C28H22ClF2N6O2. The molecule has 0 spiro atoms. The molecule has 8 nitrogen and oxygen atoms in total. The second-order valence-electron chi connectivity index (χ2n) is 9.36. The highest BCUT2D eigenvalue weighted by Crippen LogP contribution is 2.38. The molecule has 2 atom stereocenters. The van der Waals surface area contributed by atoms with Crippen molar-refractivity contribution in [2.24, 2.45) is 0 Å². The van der Waals surface area contributed by atoms with E-state index in [1.54, 1.807) is 55.8 Å². The monoisotopic (exact) mass is 547 g/mol. The first-order valence-electron chi connectivity index (χ1n) is 12.3. The third-order valence-electron chi connectivity index (χ3n) is 6.95. The fourth-order valence-corrected chi connectivity index (χ4v) is 5.43. The van der Waals surface area contributed by atoms with Gasteiger partial charge in [0.2, 0.25) is 5.91 Å². The summed E-state index contributed by atoms with van der Waals surface area (Å²) in [6.07, 6.45) is 3.75. The number of fused-ring (bicyclic) bond motifs is 3. The zero-order valence-corrected chi connectivity index (χ0v) is 21.6. The first-order valence-corrected chi connectivity index (χ1v) is 12.6. The van der Waals surface area contributed by atoms with Crippen molar-refractivity contribution in [3.63, 3.8) is 0 Å². The highest BCUT2D eigenvalue weighted by Gasteiger charge is 2.34. The van der Waals surface area contributed by atoms with Gasteiger partial charge in [0, 0.05) is 54.5 Å². The zero-order valence-electron chi connectivity index (χ0n) is 20.8. The molecule has 0 aliphatic carbocycles. The van der Waals surface area contributed by atoms with E-state index in [-0.39, 0.29) is 23.1 Å². The lowest BCUT2D eigenvalue weighted by molar-refractivity contribution is -0.129. The van der Waals surface area contributed by atoms with Gasteiger partial charge in [-0.15, -0.1) is 0 Å². The van der Waals surface area contributed by atoms with Crippen molar-refractivity contribution in [3.8, 4) is 22.9 Å². The fraction of sp³-hybridized carbons (Fsp3) is 0.214. The molecule has 3 aromatic heterocycles. The van der Waals surface area contributed by atoms with Gasteiger partial charge >= 0.3 is 6.01 Å². The molecule has 1 aliphatic heterocycles. The van der Waals surface area contributed by atoms with Gasteiger partial charge in [-0.1, -0.05) is 11.6 Å². The van der Waals surface area contributed by atoms with Gasteiger partial charge in [-0.2, -0.15) is 0 Å². The summed E-state index contributed by atoms with van der Waals surface area (Å²) in [7, 11) is 0. The van der Waals surface area contributed by atoms with Crippen molar-refractivity contribution in [2.45, 2.75) is 25.6 Å². The number of carbonyl (C=O) groups is 1. The number of likely N-dealkylation sites (tertiary alicyclic amines) is 1. The fourth-order valence-electron chi connectivity index (χ4n) is 5.16. The number of hydrogen-bond acceptors (Lipinski definition) is 6. The Bertz CT molecular complexity index is 1730. The number of aryl methyl sites for hydroxylation is 1. The summed E-state index contributed by atoms with van der Waals surface area (Å²) in [6.45, 7) is 5.54. The van der Waals surface area contributed by atoms with Gasteiger partial charge in [-0.3, -0.25) is 9.78 Å². The third-order valence-corrected chi connectivity index (χ3v) is 7.27. The molecule has 39 heavy (non-hydrogen) atoms. The van der Waals surface area contributed by atoms with Gasteiger partial charge in [0.25, 0.3) is 0 Å². The summed E-state index contributed by atoms with van der Waals surface area (Å²) >= 11 is 6.58. The van der Waals surface area contributed by atoms with E-state index < -0.39 is 23.9 Å². The number of pyridine rings is 1. The molecule has 197 valence electrons. The smallest absolute Gasteiger partial charge is 0.321 e. The number of hydrogen-bond donors (Lipinski definition) is 0. The molecular weight excluding hydrogens is 526 g/mol. The Kier molecular flexibility index (Phi) is 6.34.